The number of para-hydroxylation sites is 1. The van der Waals surface area contributed by atoms with Gasteiger partial charge in [-0.2, -0.15) is 10.4 Å². The number of nitrogens with one attached hydrogen (secondary N) is 2. The van der Waals surface area contributed by atoms with Crippen molar-refractivity contribution in [1.82, 2.24) is 15.1 Å². The average molecular weight is 462 g/mol. The van der Waals surface area contributed by atoms with Gasteiger partial charge in [-0.15, -0.1) is 0 Å². The first-order valence-electron chi connectivity index (χ1n) is 11.3. The van der Waals surface area contributed by atoms with Crippen LogP contribution in [0.3, 0.4) is 0 Å². The molecule has 172 valence electrons. The standard InChI is InChI=1S/C28H23N5O2/c1-17-7-6-8-21(15-17)27(34)30-25-24(20-13-11-19(16-29)12-14-20)23-18(2)32-33(26(23)31-28(25)35)22-9-4-3-5-10-22/h3-15,24-25H,1-2H3,(H,30,34)(H,31,35)/t24-,25?/m1/s1. The number of fused-ring (bicyclic) bond motifs is 1. The zero-order valence-electron chi connectivity index (χ0n) is 19.3. The van der Waals surface area contributed by atoms with E-state index in [1.807, 2.05) is 68.4 Å². The Balaban J connectivity index is 1.62. The Labute approximate surface area is 203 Å². The lowest BCUT2D eigenvalue weighted by molar-refractivity contribution is -0.118. The predicted octanol–water partition coefficient (Wildman–Crippen LogP) is 4.24. The van der Waals surface area contributed by atoms with Crippen LogP contribution < -0.4 is 10.6 Å². The third kappa shape index (κ3) is 4.06. The predicted molar refractivity (Wildman–Crippen MR) is 132 cm³/mol. The zero-order chi connectivity index (χ0) is 24.5. The number of hydrogen-bond donors (Lipinski definition) is 2. The Morgan fingerprint density at radius 3 is 2.46 bits per heavy atom. The molecule has 0 spiro atoms. The number of aromatic nitrogens is 2. The molecule has 2 heterocycles. The van der Waals surface area contributed by atoms with Crippen molar-refractivity contribution in [1.29, 1.82) is 5.26 Å². The van der Waals surface area contributed by atoms with Gasteiger partial charge in [-0.25, -0.2) is 4.68 Å². The van der Waals surface area contributed by atoms with Crippen LogP contribution in [0.25, 0.3) is 5.69 Å². The van der Waals surface area contributed by atoms with Crippen LogP contribution >= 0.6 is 0 Å². The van der Waals surface area contributed by atoms with Gasteiger partial charge < -0.3 is 10.6 Å². The molecule has 7 nitrogen and oxygen atoms in total. The third-order valence-corrected chi connectivity index (χ3v) is 6.24. The highest BCUT2D eigenvalue weighted by molar-refractivity contribution is 6.04. The molecule has 2 amide bonds. The second-order valence-corrected chi connectivity index (χ2v) is 8.62. The summed E-state index contributed by atoms with van der Waals surface area (Å²) < 4.78 is 1.72. The van der Waals surface area contributed by atoms with Crippen molar-refractivity contribution in [3.05, 3.63) is 112 Å². The normalized spacial score (nSPS) is 16.7. The maximum absolute atomic E-state index is 13.5. The van der Waals surface area contributed by atoms with Crippen molar-refractivity contribution in [2.24, 2.45) is 0 Å². The molecule has 3 aromatic carbocycles. The number of anilines is 1. The van der Waals surface area contributed by atoms with Crippen LogP contribution in [0.1, 0.15) is 44.2 Å². The summed E-state index contributed by atoms with van der Waals surface area (Å²) in [5.74, 6) is -0.569. The minimum Gasteiger partial charge on any atom is -0.339 e. The fourth-order valence-electron chi connectivity index (χ4n) is 4.58. The molecule has 0 aliphatic carbocycles. The molecule has 1 aliphatic heterocycles. The summed E-state index contributed by atoms with van der Waals surface area (Å²) in [6.45, 7) is 3.81. The lowest BCUT2D eigenvalue weighted by Crippen LogP contribution is -2.50. The summed E-state index contributed by atoms with van der Waals surface area (Å²) >= 11 is 0. The molecule has 1 aromatic heterocycles. The van der Waals surface area contributed by atoms with Crippen molar-refractivity contribution < 1.29 is 9.59 Å². The molecule has 0 fully saturated rings. The third-order valence-electron chi connectivity index (χ3n) is 6.24. The number of aryl methyl sites for hydroxylation is 2. The summed E-state index contributed by atoms with van der Waals surface area (Å²) in [5, 5.41) is 19.9. The van der Waals surface area contributed by atoms with Gasteiger partial charge in [0.2, 0.25) is 5.91 Å². The Bertz CT molecular complexity index is 1470. The monoisotopic (exact) mass is 461 g/mol. The summed E-state index contributed by atoms with van der Waals surface area (Å²) in [5.41, 5.74) is 5.16. The van der Waals surface area contributed by atoms with Crippen LogP contribution in [-0.4, -0.2) is 27.6 Å². The Morgan fingerprint density at radius 1 is 1.03 bits per heavy atom. The van der Waals surface area contributed by atoms with Crippen molar-refractivity contribution in [3.63, 3.8) is 0 Å². The molecule has 2 atom stereocenters. The van der Waals surface area contributed by atoms with Gasteiger partial charge in [-0.3, -0.25) is 9.59 Å². The second kappa shape index (κ2) is 8.92. The van der Waals surface area contributed by atoms with Crippen LogP contribution in [0.15, 0.2) is 78.9 Å². The minimum absolute atomic E-state index is 0.329. The molecule has 0 saturated carbocycles. The minimum atomic E-state index is -0.865. The van der Waals surface area contributed by atoms with Crippen molar-refractivity contribution >= 4 is 17.6 Å². The number of benzene rings is 3. The molecule has 4 aromatic rings. The molecular weight excluding hydrogens is 438 g/mol. The molecule has 0 bridgehead atoms. The molecule has 5 rings (SSSR count). The number of carbonyl (C=O) groups excluding carboxylic acids is 2. The van der Waals surface area contributed by atoms with Gasteiger partial charge in [0, 0.05) is 17.0 Å². The SMILES string of the molecule is Cc1cccc(C(=O)NC2C(=O)Nc3c(c(C)nn3-c3ccccc3)[C@H]2c2ccc(C#N)cc2)c1. The van der Waals surface area contributed by atoms with Gasteiger partial charge in [0.05, 0.1) is 23.0 Å². The summed E-state index contributed by atoms with van der Waals surface area (Å²) in [4.78, 5) is 26.6. The molecule has 1 unspecified atom stereocenters. The van der Waals surface area contributed by atoms with Gasteiger partial charge >= 0.3 is 0 Å². The molecule has 35 heavy (non-hydrogen) atoms. The van der Waals surface area contributed by atoms with E-state index in [-0.39, 0.29) is 11.8 Å². The van der Waals surface area contributed by atoms with E-state index < -0.39 is 12.0 Å². The summed E-state index contributed by atoms with van der Waals surface area (Å²) in [6.07, 6.45) is 0. The number of nitriles is 1. The van der Waals surface area contributed by atoms with E-state index in [9.17, 15) is 14.9 Å². The number of hydrogen-bond acceptors (Lipinski definition) is 4. The van der Waals surface area contributed by atoms with Gasteiger partial charge in [-0.05, 0) is 55.8 Å². The maximum Gasteiger partial charge on any atom is 0.251 e. The van der Waals surface area contributed by atoms with E-state index in [0.29, 0.717) is 16.9 Å². The number of rotatable bonds is 4. The van der Waals surface area contributed by atoms with Crippen LogP contribution in [-0.2, 0) is 4.79 Å². The number of carbonyl (C=O) groups is 2. The second-order valence-electron chi connectivity index (χ2n) is 8.62. The first kappa shape index (κ1) is 22.1. The van der Waals surface area contributed by atoms with Crippen LogP contribution in [0.2, 0.25) is 0 Å². The lowest BCUT2D eigenvalue weighted by atomic mass is 9.81. The highest BCUT2D eigenvalue weighted by Crippen LogP contribution is 2.40. The largest absolute Gasteiger partial charge is 0.339 e. The maximum atomic E-state index is 13.5. The average Bonchev–Trinajstić information content (AvgIpc) is 3.20. The van der Waals surface area contributed by atoms with Crippen LogP contribution in [0.4, 0.5) is 5.82 Å². The summed E-state index contributed by atoms with van der Waals surface area (Å²) in [7, 11) is 0. The lowest BCUT2D eigenvalue weighted by Gasteiger charge is -2.33. The fourth-order valence-corrected chi connectivity index (χ4v) is 4.58. The van der Waals surface area contributed by atoms with E-state index in [0.717, 1.165) is 28.1 Å². The highest BCUT2D eigenvalue weighted by Gasteiger charge is 2.41. The highest BCUT2D eigenvalue weighted by atomic mass is 16.2. The van der Waals surface area contributed by atoms with E-state index in [2.05, 4.69) is 16.7 Å². The zero-order valence-corrected chi connectivity index (χ0v) is 19.3. The first-order valence-corrected chi connectivity index (χ1v) is 11.3. The first-order chi connectivity index (χ1) is 17.0. The molecule has 0 saturated heterocycles. The summed E-state index contributed by atoms with van der Waals surface area (Å²) in [6, 6.07) is 25.2. The molecule has 1 aliphatic rings. The Morgan fingerprint density at radius 2 is 1.77 bits per heavy atom. The van der Waals surface area contributed by atoms with Gasteiger partial charge in [0.15, 0.2) is 0 Å². The topological polar surface area (TPSA) is 99.8 Å². The number of amides is 2. The fraction of sp³-hybridized carbons (Fsp3) is 0.143. The van der Waals surface area contributed by atoms with Crippen molar-refractivity contribution in [3.8, 4) is 11.8 Å². The van der Waals surface area contributed by atoms with Gasteiger partial charge in [-0.1, -0.05) is 48.0 Å². The van der Waals surface area contributed by atoms with E-state index in [1.165, 1.54) is 0 Å². The van der Waals surface area contributed by atoms with Crippen molar-refractivity contribution in [2.75, 3.05) is 5.32 Å². The Hall–Kier alpha value is -4.70. The van der Waals surface area contributed by atoms with E-state index in [1.54, 1.807) is 28.9 Å². The quantitative estimate of drug-likeness (QED) is 0.475. The smallest absolute Gasteiger partial charge is 0.251 e. The van der Waals surface area contributed by atoms with Crippen LogP contribution in [0.5, 0.6) is 0 Å². The van der Waals surface area contributed by atoms with E-state index >= 15 is 0 Å². The molecule has 2 N–H and O–H groups in total. The molecular formula is C28H23N5O2. The van der Waals surface area contributed by atoms with Gasteiger partial charge in [0.25, 0.3) is 5.91 Å². The van der Waals surface area contributed by atoms with Crippen molar-refractivity contribution in [2.45, 2.75) is 25.8 Å². The number of nitrogens with zero attached hydrogens (tertiary/aromatic N) is 3. The Kier molecular flexibility index (Phi) is 5.63. The van der Waals surface area contributed by atoms with Crippen LogP contribution in [0, 0.1) is 25.2 Å². The molecule has 7 heteroatoms. The molecule has 0 radical (unpaired) electrons. The van der Waals surface area contributed by atoms with E-state index in [4.69, 9.17) is 5.10 Å². The van der Waals surface area contributed by atoms with Gasteiger partial charge in [0.1, 0.15) is 11.9 Å².